The van der Waals surface area contributed by atoms with Crippen LogP contribution in [-0.4, -0.2) is 22.6 Å². The van der Waals surface area contributed by atoms with Gasteiger partial charge in [0.15, 0.2) is 5.69 Å². The highest BCUT2D eigenvalue weighted by Crippen LogP contribution is 2.35. The van der Waals surface area contributed by atoms with Crippen LogP contribution < -0.4 is 4.90 Å². The average molecular weight is 294 g/mol. The van der Waals surface area contributed by atoms with E-state index in [-0.39, 0.29) is 17.1 Å². The first-order chi connectivity index (χ1) is 8.77. The summed E-state index contributed by atoms with van der Waals surface area (Å²) in [5.41, 5.74) is -0.989. The number of anilines is 1. The predicted molar refractivity (Wildman–Crippen MR) is 67.3 cm³/mol. The molecule has 1 aromatic rings. The molecular formula is C12H15ClF3N3. The normalized spacial score (nSPS) is 15.9. The zero-order valence-electron chi connectivity index (χ0n) is 10.7. The Labute approximate surface area is 114 Å². The van der Waals surface area contributed by atoms with E-state index in [9.17, 15) is 13.2 Å². The minimum Gasteiger partial charge on any atom is -0.353 e. The zero-order chi connectivity index (χ0) is 14.2. The summed E-state index contributed by atoms with van der Waals surface area (Å²) < 4.78 is 38.2. The van der Waals surface area contributed by atoms with Gasteiger partial charge in [-0.05, 0) is 30.4 Å². The number of nitrogens with zero attached hydrogens (tertiary/aromatic N) is 3. The lowest BCUT2D eigenvalue weighted by Gasteiger charge is -2.26. The Balaban J connectivity index is 2.34. The Morgan fingerprint density at radius 2 is 2.00 bits per heavy atom. The molecule has 0 saturated heterocycles. The highest BCUT2D eigenvalue weighted by Gasteiger charge is 2.36. The van der Waals surface area contributed by atoms with Crippen LogP contribution in [0.4, 0.5) is 19.0 Å². The largest absolute Gasteiger partial charge is 0.433 e. The molecule has 106 valence electrons. The van der Waals surface area contributed by atoms with Crippen LogP contribution in [0, 0.1) is 5.92 Å². The maximum Gasteiger partial charge on any atom is 0.433 e. The molecule has 0 amide bonds. The maximum absolute atomic E-state index is 12.7. The molecule has 1 aliphatic carbocycles. The fraction of sp³-hybridized carbons (Fsp3) is 0.667. The van der Waals surface area contributed by atoms with Crippen LogP contribution >= 0.6 is 11.6 Å². The van der Waals surface area contributed by atoms with E-state index < -0.39 is 11.9 Å². The van der Waals surface area contributed by atoms with E-state index in [1.165, 1.54) is 0 Å². The van der Waals surface area contributed by atoms with Gasteiger partial charge >= 0.3 is 6.18 Å². The molecule has 0 aromatic carbocycles. The summed E-state index contributed by atoms with van der Waals surface area (Å²) in [5.74, 6) is 0.604. The summed E-state index contributed by atoms with van der Waals surface area (Å²) in [6, 6.07) is 1.25. The summed E-state index contributed by atoms with van der Waals surface area (Å²) >= 11 is 5.61. The molecule has 2 rings (SSSR count). The van der Waals surface area contributed by atoms with Crippen molar-refractivity contribution >= 4 is 17.4 Å². The van der Waals surface area contributed by atoms with E-state index in [2.05, 4.69) is 9.97 Å². The van der Waals surface area contributed by atoms with Gasteiger partial charge in [-0.25, -0.2) is 9.97 Å². The summed E-state index contributed by atoms with van der Waals surface area (Å²) in [5, 5.41) is -0.362. The van der Waals surface area contributed by atoms with Crippen LogP contribution in [0.25, 0.3) is 0 Å². The van der Waals surface area contributed by atoms with Crippen molar-refractivity contribution in [2.24, 2.45) is 5.92 Å². The monoisotopic (exact) mass is 293 g/mol. The molecule has 19 heavy (non-hydrogen) atoms. The summed E-state index contributed by atoms with van der Waals surface area (Å²) in [7, 11) is 0. The van der Waals surface area contributed by atoms with E-state index in [1.807, 2.05) is 18.7 Å². The average Bonchev–Trinajstić information content (AvgIpc) is 3.07. The first-order valence-electron chi connectivity index (χ1n) is 6.16. The number of rotatable bonds is 4. The minimum absolute atomic E-state index is 0.267. The minimum atomic E-state index is -4.51. The summed E-state index contributed by atoms with van der Waals surface area (Å²) in [6.45, 7) is 4.70. The van der Waals surface area contributed by atoms with Crippen LogP contribution in [-0.2, 0) is 6.18 Å². The Morgan fingerprint density at radius 3 is 2.47 bits per heavy atom. The van der Waals surface area contributed by atoms with Crippen molar-refractivity contribution in [3.05, 3.63) is 17.0 Å². The van der Waals surface area contributed by atoms with Gasteiger partial charge in [0, 0.05) is 18.7 Å². The topological polar surface area (TPSA) is 29.0 Å². The van der Waals surface area contributed by atoms with Gasteiger partial charge in [-0.1, -0.05) is 13.8 Å². The van der Waals surface area contributed by atoms with E-state index >= 15 is 0 Å². The molecule has 0 atom stereocenters. The molecule has 1 heterocycles. The quantitative estimate of drug-likeness (QED) is 0.791. The number of hydrogen-bond donors (Lipinski definition) is 0. The lowest BCUT2D eigenvalue weighted by molar-refractivity contribution is -0.141. The van der Waals surface area contributed by atoms with Gasteiger partial charge in [0.05, 0.1) is 0 Å². The molecule has 1 fully saturated rings. The molecule has 7 heteroatoms. The lowest BCUT2D eigenvalue weighted by Crippen LogP contribution is -2.31. The molecule has 1 saturated carbocycles. The van der Waals surface area contributed by atoms with Gasteiger partial charge in [-0.15, -0.1) is 0 Å². The van der Waals surface area contributed by atoms with Crippen LogP contribution in [0.1, 0.15) is 32.4 Å². The number of halogens is 4. The molecular weight excluding hydrogens is 279 g/mol. The van der Waals surface area contributed by atoms with Gasteiger partial charge in [-0.3, -0.25) is 0 Å². The van der Waals surface area contributed by atoms with Crippen molar-refractivity contribution in [3.8, 4) is 0 Å². The van der Waals surface area contributed by atoms with Crippen molar-refractivity contribution in [3.63, 3.8) is 0 Å². The van der Waals surface area contributed by atoms with Crippen LogP contribution in [0.3, 0.4) is 0 Å². The van der Waals surface area contributed by atoms with E-state index in [1.54, 1.807) is 0 Å². The lowest BCUT2D eigenvalue weighted by atomic mass is 10.2. The Hall–Kier alpha value is -1.04. The fourth-order valence-electron chi connectivity index (χ4n) is 1.91. The van der Waals surface area contributed by atoms with Gasteiger partial charge in [-0.2, -0.15) is 13.2 Å². The Kier molecular flexibility index (Phi) is 3.90. The molecule has 0 spiro atoms. The second-order valence-corrected chi connectivity index (χ2v) is 5.49. The first kappa shape index (κ1) is 14.4. The standard InChI is InChI=1S/C12H15ClF3N3/c1-7(2)6-19(8-3-4-8)10-5-9(12(14,15)16)17-11(13)18-10/h5,7-8H,3-4,6H2,1-2H3. The second kappa shape index (κ2) is 5.15. The molecule has 0 radical (unpaired) electrons. The third kappa shape index (κ3) is 3.72. The van der Waals surface area contributed by atoms with Crippen LogP contribution in [0.15, 0.2) is 6.07 Å². The highest BCUT2D eigenvalue weighted by atomic mass is 35.5. The highest BCUT2D eigenvalue weighted by molar-refractivity contribution is 6.28. The second-order valence-electron chi connectivity index (χ2n) is 5.16. The van der Waals surface area contributed by atoms with Crippen LogP contribution in [0.5, 0.6) is 0 Å². The van der Waals surface area contributed by atoms with Gasteiger partial charge in [0.2, 0.25) is 5.28 Å². The van der Waals surface area contributed by atoms with E-state index in [4.69, 9.17) is 11.6 Å². The van der Waals surface area contributed by atoms with E-state index in [0.29, 0.717) is 12.5 Å². The Bertz CT molecular complexity index is 458. The molecule has 1 aliphatic rings. The van der Waals surface area contributed by atoms with Gasteiger partial charge < -0.3 is 4.90 Å². The van der Waals surface area contributed by atoms with Gasteiger partial charge in [0.25, 0.3) is 0 Å². The predicted octanol–water partition coefficient (Wildman–Crippen LogP) is 3.77. The summed E-state index contributed by atoms with van der Waals surface area (Å²) in [6.07, 6.45) is -2.54. The van der Waals surface area contributed by atoms with Gasteiger partial charge in [0.1, 0.15) is 5.82 Å². The van der Waals surface area contributed by atoms with Crippen molar-refractivity contribution < 1.29 is 13.2 Å². The molecule has 0 unspecified atom stereocenters. The third-order valence-electron chi connectivity index (χ3n) is 2.82. The number of alkyl halides is 3. The van der Waals surface area contributed by atoms with Crippen molar-refractivity contribution in [1.29, 1.82) is 0 Å². The zero-order valence-corrected chi connectivity index (χ0v) is 11.5. The van der Waals surface area contributed by atoms with Crippen LogP contribution in [0.2, 0.25) is 5.28 Å². The van der Waals surface area contributed by atoms with Crippen molar-refractivity contribution in [2.45, 2.75) is 38.9 Å². The number of hydrogen-bond acceptors (Lipinski definition) is 3. The van der Waals surface area contributed by atoms with E-state index in [0.717, 1.165) is 18.9 Å². The van der Waals surface area contributed by atoms with Crippen molar-refractivity contribution in [1.82, 2.24) is 9.97 Å². The third-order valence-corrected chi connectivity index (χ3v) is 2.99. The molecule has 0 bridgehead atoms. The molecule has 0 N–H and O–H groups in total. The maximum atomic E-state index is 12.7. The molecule has 3 nitrogen and oxygen atoms in total. The summed E-state index contributed by atoms with van der Waals surface area (Å²) in [4.78, 5) is 9.09. The fourth-order valence-corrected chi connectivity index (χ4v) is 2.09. The Morgan fingerprint density at radius 1 is 1.37 bits per heavy atom. The number of aromatic nitrogens is 2. The molecule has 0 aliphatic heterocycles. The molecule has 1 aromatic heterocycles. The van der Waals surface area contributed by atoms with Crippen molar-refractivity contribution in [2.75, 3.05) is 11.4 Å². The first-order valence-corrected chi connectivity index (χ1v) is 6.53. The smallest absolute Gasteiger partial charge is 0.353 e. The SMILES string of the molecule is CC(C)CN(c1cc(C(F)(F)F)nc(Cl)n1)C1CC1.